The minimum atomic E-state index is -0.562. The van der Waals surface area contributed by atoms with Crippen molar-refractivity contribution >= 4 is 11.4 Å². The fourth-order valence-corrected chi connectivity index (χ4v) is 3.56. The Morgan fingerprint density at radius 2 is 1.26 bits per heavy atom. The van der Waals surface area contributed by atoms with Gasteiger partial charge < -0.3 is 10.6 Å². The average Bonchev–Trinajstić information content (AvgIpc) is 3.16. The van der Waals surface area contributed by atoms with Crippen molar-refractivity contribution in [3.05, 3.63) is 103 Å². The second kappa shape index (κ2) is 6.21. The number of nitrogens with one attached hydrogen (secondary N) is 2. The molecule has 4 aromatic rings. The number of anilines is 2. The summed E-state index contributed by atoms with van der Waals surface area (Å²) >= 11 is 0. The molecule has 0 aliphatic carbocycles. The van der Waals surface area contributed by atoms with Crippen LogP contribution >= 0.6 is 0 Å². The minimum absolute atomic E-state index is 0.562. The SMILES string of the molecule is c1ccc(C2(c3cccc(-c4ncncn4)c3)Nc3ccccc3N2)cc1. The fourth-order valence-electron chi connectivity index (χ4n) is 3.56. The van der Waals surface area contributed by atoms with Crippen LogP contribution in [0.4, 0.5) is 11.4 Å². The highest BCUT2D eigenvalue weighted by molar-refractivity contribution is 5.79. The van der Waals surface area contributed by atoms with Crippen LogP contribution in [0.2, 0.25) is 0 Å². The average molecular weight is 351 g/mol. The summed E-state index contributed by atoms with van der Waals surface area (Å²) in [5.41, 5.74) is 4.76. The number of aromatic nitrogens is 3. The zero-order valence-corrected chi connectivity index (χ0v) is 14.5. The standard InChI is InChI=1S/C22H17N5/c1-2-8-17(9-3-1)22(26-19-11-4-5-12-20(19)27-22)18-10-6-7-16(13-18)21-24-14-23-15-25-21/h1-15,26-27H. The molecule has 1 aromatic heterocycles. The Labute approximate surface area is 157 Å². The molecule has 0 unspecified atom stereocenters. The lowest BCUT2D eigenvalue weighted by Gasteiger charge is -2.32. The highest BCUT2D eigenvalue weighted by Gasteiger charge is 2.39. The van der Waals surface area contributed by atoms with E-state index >= 15 is 0 Å². The Morgan fingerprint density at radius 3 is 1.96 bits per heavy atom. The van der Waals surface area contributed by atoms with E-state index in [9.17, 15) is 0 Å². The number of nitrogens with zero attached hydrogens (tertiary/aromatic N) is 3. The Morgan fingerprint density at radius 1 is 0.630 bits per heavy atom. The molecule has 0 fully saturated rings. The van der Waals surface area contributed by atoms with E-state index < -0.39 is 5.66 Å². The second-order valence-corrected chi connectivity index (χ2v) is 6.45. The lowest BCUT2D eigenvalue weighted by atomic mass is 9.90. The number of fused-ring (bicyclic) bond motifs is 1. The number of para-hydroxylation sites is 2. The Kier molecular flexibility index (Phi) is 3.57. The molecule has 1 aliphatic rings. The summed E-state index contributed by atoms with van der Waals surface area (Å²) in [4.78, 5) is 12.5. The third-order valence-corrected chi connectivity index (χ3v) is 4.83. The Hall–Kier alpha value is -3.73. The number of hydrogen-bond acceptors (Lipinski definition) is 5. The molecule has 0 bridgehead atoms. The van der Waals surface area contributed by atoms with Crippen LogP contribution in [-0.4, -0.2) is 15.0 Å². The minimum Gasteiger partial charge on any atom is -0.354 e. The molecule has 5 heteroatoms. The quantitative estimate of drug-likeness (QED) is 0.577. The molecular formula is C22H17N5. The van der Waals surface area contributed by atoms with Crippen LogP contribution in [0.15, 0.2) is 91.5 Å². The highest BCUT2D eigenvalue weighted by Crippen LogP contribution is 2.43. The van der Waals surface area contributed by atoms with Gasteiger partial charge in [-0.1, -0.05) is 60.7 Å². The van der Waals surface area contributed by atoms with Crippen LogP contribution in [0.3, 0.4) is 0 Å². The topological polar surface area (TPSA) is 62.7 Å². The first-order valence-corrected chi connectivity index (χ1v) is 8.79. The van der Waals surface area contributed by atoms with Gasteiger partial charge in [0.05, 0.1) is 11.4 Å². The van der Waals surface area contributed by atoms with Crippen molar-refractivity contribution in [3.8, 4) is 11.4 Å². The maximum Gasteiger partial charge on any atom is 0.162 e. The van der Waals surface area contributed by atoms with Gasteiger partial charge in [-0.15, -0.1) is 0 Å². The van der Waals surface area contributed by atoms with E-state index in [-0.39, 0.29) is 0 Å². The zero-order valence-electron chi connectivity index (χ0n) is 14.5. The van der Waals surface area contributed by atoms with Gasteiger partial charge in [0, 0.05) is 16.7 Å². The van der Waals surface area contributed by atoms with Gasteiger partial charge in [0.1, 0.15) is 12.7 Å². The van der Waals surface area contributed by atoms with Gasteiger partial charge in [-0.2, -0.15) is 0 Å². The van der Waals surface area contributed by atoms with Gasteiger partial charge >= 0.3 is 0 Å². The molecule has 0 amide bonds. The smallest absolute Gasteiger partial charge is 0.162 e. The van der Waals surface area contributed by atoms with Crippen molar-refractivity contribution in [2.75, 3.05) is 10.6 Å². The van der Waals surface area contributed by atoms with Crippen molar-refractivity contribution < 1.29 is 0 Å². The molecule has 2 N–H and O–H groups in total. The monoisotopic (exact) mass is 351 g/mol. The van der Waals surface area contributed by atoms with Crippen LogP contribution in [0.25, 0.3) is 11.4 Å². The number of rotatable bonds is 3. The van der Waals surface area contributed by atoms with Gasteiger partial charge in [0.2, 0.25) is 0 Å². The number of benzene rings is 3. The predicted octanol–water partition coefficient (Wildman–Crippen LogP) is 4.28. The summed E-state index contributed by atoms with van der Waals surface area (Å²) in [5, 5.41) is 7.39. The maximum absolute atomic E-state index is 4.29. The predicted molar refractivity (Wildman–Crippen MR) is 106 cm³/mol. The van der Waals surface area contributed by atoms with Crippen LogP contribution in [0.5, 0.6) is 0 Å². The molecule has 0 atom stereocenters. The fraction of sp³-hybridized carbons (Fsp3) is 0.0455. The van der Waals surface area contributed by atoms with Crippen LogP contribution in [0.1, 0.15) is 11.1 Å². The van der Waals surface area contributed by atoms with E-state index in [0.29, 0.717) is 5.82 Å². The van der Waals surface area contributed by atoms with Crippen molar-refractivity contribution in [2.45, 2.75) is 5.66 Å². The summed E-state index contributed by atoms with van der Waals surface area (Å²) in [7, 11) is 0. The molecule has 1 aliphatic heterocycles. The molecule has 3 aromatic carbocycles. The van der Waals surface area contributed by atoms with Crippen molar-refractivity contribution in [2.24, 2.45) is 0 Å². The van der Waals surface area contributed by atoms with Gasteiger partial charge in [-0.3, -0.25) is 0 Å². The summed E-state index contributed by atoms with van der Waals surface area (Å²) in [6, 6.07) is 26.9. The summed E-state index contributed by atoms with van der Waals surface area (Å²) in [5.74, 6) is 0.658. The summed E-state index contributed by atoms with van der Waals surface area (Å²) in [6.07, 6.45) is 3.04. The third kappa shape index (κ3) is 2.60. The van der Waals surface area contributed by atoms with Crippen molar-refractivity contribution in [1.82, 2.24) is 15.0 Å². The first-order chi connectivity index (χ1) is 13.4. The van der Waals surface area contributed by atoms with Gasteiger partial charge in [0.25, 0.3) is 0 Å². The lowest BCUT2D eigenvalue weighted by molar-refractivity contribution is 0.704. The van der Waals surface area contributed by atoms with E-state index in [2.05, 4.69) is 74.1 Å². The van der Waals surface area contributed by atoms with Crippen molar-refractivity contribution in [3.63, 3.8) is 0 Å². The van der Waals surface area contributed by atoms with E-state index in [0.717, 1.165) is 28.1 Å². The Bertz CT molecular complexity index is 1050. The summed E-state index contributed by atoms with van der Waals surface area (Å²) in [6.45, 7) is 0. The number of hydrogen-bond donors (Lipinski definition) is 2. The molecular weight excluding hydrogens is 334 g/mol. The van der Waals surface area contributed by atoms with Gasteiger partial charge in [-0.25, -0.2) is 15.0 Å². The summed E-state index contributed by atoms with van der Waals surface area (Å²) < 4.78 is 0. The molecule has 0 saturated heterocycles. The van der Waals surface area contributed by atoms with Crippen LogP contribution < -0.4 is 10.6 Å². The molecule has 0 spiro atoms. The molecule has 27 heavy (non-hydrogen) atoms. The van der Waals surface area contributed by atoms with E-state index in [4.69, 9.17) is 0 Å². The first kappa shape index (κ1) is 15.5. The highest BCUT2D eigenvalue weighted by atomic mass is 15.3. The molecule has 0 radical (unpaired) electrons. The zero-order chi connectivity index (χ0) is 18.1. The van der Waals surface area contributed by atoms with Gasteiger partial charge in [0.15, 0.2) is 11.5 Å². The molecule has 5 rings (SSSR count). The van der Waals surface area contributed by atoms with Crippen LogP contribution in [-0.2, 0) is 5.66 Å². The van der Waals surface area contributed by atoms with E-state index in [1.165, 1.54) is 12.7 Å². The normalized spacial score (nSPS) is 14.1. The van der Waals surface area contributed by atoms with E-state index in [1.807, 2.05) is 30.3 Å². The molecule has 2 heterocycles. The first-order valence-electron chi connectivity index (χ1n) is 8.79. The molecule has 0 saturated carbocycles. The Balaban J connectivity index is 1.67. The lowest BCUT2D eigenvalue weighted by Crippen LogP contribution is -2.40. The molecule has 130 valence electrons. The maximum atomic E-state index is 4.29. The molecule has 5 nitrogen and oxygen atoms in total. The largest absolute Gasteiger partial charge is 0.354 e. The van der Waals surface area contributed by atoms with E-state index in [1.54, 1.807) is 0 Å². The van der Waals surface area contributed by atoms with Crippen molar-refractivity contribution in [1.29, 1.82) is 0 Å². The van der Waals surface area contributed by atoms with Crippen LogP contribution in [0, 0.1) is 0 Å². The second-order valence-electron chi connectivity index (χ2n) is 6.45. The van der Waals surface area contributed by atoms with Gasteiger partial charge in [-0.05, 0) is 18.2 Å². The third-order valence-electron chi connectivity index (χ3n) is 4.83.